The molecule has 0 aliphatic heterocycles. The molecule has 2 nitrogen and oxygen atoms in total. The first-order valence-electron chi connectivity index (χ1n) is 17.0. The summed E-state index contributed by atoms with van der Waals surface area (Å²) < 4.78 is 0. The number of hydrogen-bond donors (Lipinski definition) is 0. The molecule has 0 saturated carbocycles. The number of aromatic nitrogens is 2. The lowest BCUT2D eigenvalue weighted by Crippen LogP contribution is -1.92. The highest BCUT2D eigenvalue weighted by atomic mass is 14.7. The van der Waals surface area contributed by atoms with Gasteiger partial charge in [-0.25, -0.2) is 0 Å². The van der Waals surface area contributed by atoms with Crippen LogP contribution in [0.15, 0.2) is 182 Å². The van der Waals surface area contributed by atoms with E-state index < -0.39 is 0 Å². The van der Waals surface area contributed by atoms with Crippen LogP contribution in [0, 0.1) is 0 Å². The van der Waals surface area contributed by atoms with E-state index in [0.29, 0.717) is 0 Å². The van der Waals surface area contributed by atoms with Gasteiger partial charge in [0.2, 0.25) is 0 Å². The molecule has 232 valence electrons. The zero-order chi connectivity index (χ0) is 33.0. The number of nitrogens with zero attached hydrogens (tertiary/aromatic N) is 2. The Morgan fingerprint density at radius 3 is 1.46 bits per heavy atom. The van der Waals surface area contributed by atoms with Gasteiger partial charge in [-0.2, -0.15) is 0 Å². The Kier molecular flexibility index (Phi) is 6.53. The zero-order valence-electron chi connectivity index (χ0n) is 27.2. The van der Waals surface area contributed by atoms with E-state index in [9.17, 15) is 0 Å². The number of rotatable bonds is 4. The third-order valence-corrected chi connectivity index (χ3v) is 10.1. The molecule has 0 bridgehead atoms. The van der Waals surface area contributed by atoms with Gasteiger partial charge < -0.3 is 0 Å². The molecule has 50 heavy (non-hydrogen) atoms. The molecule has 2 aromatic heterocycles. The summed E-state index contributed by atoms with van der Waals surface area (Å²) in [5.41, 5.74) is 9.11. The molecule has 0 spiro atoms. The normalized spacial score (nSPS) is 11.6. The van der Waals surface area contributed by atoms with Crippen molar-refractivity contribution in [3.63, 3.8) is 0 Å². The van der Waals surface area contributed by atoms with Crippen LogP contribution in [-0.4, -0.2) is 9.97 Å². The summed E-state index contributed by atoms with van der Waals surface area (Å²) in [6.45, 7) is 0. The van der Waals surface area contributed by atoms with Gasteiger partial charge in [-0.3, -0.25) is 9.97 Å². The van der Waals surface area contributed by atoms with E-state index >= 15 is 0 Å². The summed E-state index contributed by atoms with van der Waals surface area (Å²) in [7, 11) is 0. The van der Waals surface area contributed by atoms with Crippen molar-refractivity contribution in [2.75, 3.05) is 0 Å². The van der Waals surface area contributed by atoms with Gasteiger partial charge in [0.15, 0.2) is 0 Å². The molecule has 0 unspecified atom stereocenters. The SMILES string of the molecule is c1ccc2cc(-c3c4ccccc4c(-c4ccc5ccccc5c4)c4cc(-c5ccc(-c6cncc7ccccc67)nc5)ccc34)ccc2c1. The monoisotopic (exact) mass is 634 g/mol. The van der Waals surface area contributed by atoms with E-state index in [1.807, 2.05) is 24.7 Å². The van der Waals surface area contributed by atoms with Crippen LogP contribution < -0.4 is 0 Å². The van der Waals surface area contributed by atoms with Crippen molar-refractivity contribution in [3.05, 3.63) is 182 Å². The molecule has 2 heteroatoms. The largest absolute Gasteiger partial charge is 0.263 e. The lowest BCUT2D eigenvalue weighted by molar-refractivity contribution is 1.30. The minimum Gasteiger partial charge on any atom is -0.263 e. The second-order valence-electron chi connectivity index (χ2n) is 13.0. The number of benzene rings is 8. The Labute approximate surface area is 290 Å². The molecule has 0 saturated heterocycles. The smallest absolute Gasteiger partial charge is 0.0724 e. The Bertz CT molecular complexity index is 2920. The quantitative estimate of drug-likeness (QED) is 0.180. The highest BCUT2D eigenvalue weighted by Gasteiger charge is 2.18. The summed E-state index contributed by atoms with van der Waals surface area (Å²) >= 11 is 0. The Morgan fingerprint density at radius 1 is 0.300 bits per heavy atom. The molecule has 0 amide bonds. The topological polar surface area (TPSA) is 25.8 Å². The van der Waals surface area contributed by atoms with E-state index in [1.165, 1.54) is 65.3 Å². The fourth-order valence-electron chi connectivity index (χ4n) is 7.71. The molecule has 8 aromatic carbocycles. The van der Waals surface area contributed by atoms with Crippen LogP contribution in [0.1, 0.15) is 0 Å². The van der Waals surface area contributed by atoms with Crippen LogP contribution in [-0.2, 0) is 0 Å². The maximum Gasteiger partial charge on any atom is 0.0724 e. The van der Waals surface area contributed by atoms with Gasteiger partial charge in [-0.05, 0) is 101 Å². The van der Waals surface area contributed by atoms with Gasteiger partial charge in [0.25, 0.3) is 0 Å². The van der Waals surface area contributed by atoms with Crippen LogP contribution >= 0.6 is 0 Å². The summed E-state index contributed by atoms with van der Waals surface area (Å²) in [6, 6.07) is 59.4. The van der Waals surface area contributed by atoms with Crippen LogP contribution in [0.4, 0.5) is 0 Å². The summed E-state index contributed by atoms with van der Waals surface area (Å²) in [5.74, 6) is 0. The molecule has 0 N–H and O–H groups in total. The summed E-state index contributed by atoms with van der Waals surface area (Å²) in [5, 5.41) is 12.2. The first kappa shape index (κ1) is 28.4. The fourth-order valence-corrected chi connectivity index (χ4v) is 7.71. The van der Waals surface area contributed by atoms with Gasteiger partial charge in [-0.15, -0.1) is 0 Å². The Hall–Kier alpha value is -6.64. The lowest BCUT2D eigenvalue weighted by atomic mass is 9.84. The molecule has 0 aliphatic carbocycles. The molecule has 0 radical (unpaired) electrons. The predicted octanol–water partition coefficient (Wildman–Crippen LogP) is 12.9. The average molecular weight is 635 g/mol. The average Bonchev–Trinajstić information content (AvgIpc) is 3.19. The Balaban J connectivity index is 1.22. The predicted molar refractivity (Wildman–Crippen MR) is 211 cm³/mol. The first-order chi connectivity index (χ1) is 24.8. The van der Waals surface area contributed by atoms with E-state index in [0.717, 1.165) is 33.2 Å². The van der Waals surface area contributed by atoms with Crippen molar-refractivity contribution in [1.82, 2.24) is 9.97 Å². The van der Waals surface area contributed by atoms with Crippen LogP contribution in [0.25, 0.3) is 98.5 Å². The van der Waals surface area contributed by atoms with E-state index in [1.54, 1.807) is 0 Å². The second-order valence-corrected chi connectivity index (χ2v) is 13.0. The van der Waals surface area contributed by atoms with Crippen molar-refractivity contribution in [2.45, 2.75) is 0 Å². The molecule has 0 fully saturated rings. The minimum atomic E-state index is 0.917. The molecular formula is C48H30N2. The molecular weight excluding hydrogens is 605 g/mol. The van der Waals surface area contributed by atoms with E-state index in [2.05, 4.69) is 163 Å². The minimum absolute atomic E-state index is 0.917. The van der Waals surface area contributed by atoms with Crippen molar-refractivity contribution in [2.24, 2.45) is 0 Å². The molecule has 2 heterocycles. The number of fused-ring (bicyclic) bond motifs is 5. The molecule has 0 atom stereocenters. The number of pyridine rings is 2. The molecule has 10 aromatic rings. The maximum atomic E-state index is 4.97. The van der Waals surface area contributed by atoms with Crippen molar-refractivity contribution >= 4 is 53.9 Å². The van der Waals surface area contributed by atoms with Crippen LogP contribution in [0.2, 0.25) is 0 Å². The molecule has 0 aliphatic rings. The third-order valence-electron chi connectivity index (χ3n) is 10.1. The lowest BCUT2D eigenvalue weighted by Gasteiger charge is -2.19. The second kappa shape index (κ2) is 11.5. The van der Waals surface area contributed by atoms with Gasteiger partial charge in [0, 0.05) is 35.1 Å². The van der Waals surface area contributed by atoms with Crippen LogP contribution in [0.5, 0.6) is 0 Å². The van der Waals surface area contributed by atoms with Gasteiger partial charge >= 0.3 is 0 Å². The van der Waals surface area contributed by atoms with Gasteiger partial charge in [0.05, 0.1) is 5.69 Å². The summed E-state index contributed by atoms with van der Waals surface area (Å²) in [4.78, 5) is 9.47. The zero-order valence-corrected chi connectivity index (χ0v) is 27.2. The van der Waals surface area contributed by atoms with Gasteiger partial charge in [0.1, 0.15) is 0 Å². The standard InChI is InChI=1S/C48H30N2/c1-3-11-33-25-36(19-17-31(33)9-1)47-41-15-7-8-16-42(41)48(37-20-18-32-10-2-4-12-34(32)26-37)44-27-35(21-23-43(44)47)38-22-24-46(50-29-38)45-30-49-28-39-13-5-6-14-40(39)45/h1-30H. The highest BCUT2D eigenvalue weighted by molar-refractivity contribution is 6.22. The van der Waals surface area contributed by atoms with Crippen molar-refractivity contribution in [1.29, 1.82) is 0 Å². The van der Waals surface area contributed by atoms with Crippen molar-refractivity contribution < 1.29 is 0 Å². The highest BCUT2D eigenvalue weighted by Crippen LogP contribution is 2.45. The summed E-state index contributed by atoms with van der Waals surface area (Å²) in [6.07, 6.45) is 5.82. The fraction of sp³-hybridized carbons (Fsp3) is 0. The van der Waals surface area contributed by atoms with Crippen LogP contribution in [0.3, 0.4) is 0 Å². The maximum absolute atomic E-state index is 4.97. The third kappa shape index (κ3) is 4.65. The van der Waals surface area contributed by atoms with Gasteiger partial charge in [-0.1, -0.05) is 140 Å². The first-order valence-corrected chi connectivity index (χ1v) is 17.0. The Morgan fingerprint density at radius 2 is 0.820 bits per heavy atom. The molecule has 10 rings (SSSR count). The van der Waals surface area contributed by atoms with E-state index in [4.69, 9.17) is 4.98 Å². The van der Waals surface area contributed by atoms with Crippen molar-refractivity contribution in [3.8, 4) is 44.6 Å². The number of hydrogen-bond acceptors (Lipinski definition) is 2. The van der Waals surface area contributed by atoms with E-state index in [-0.39, 0.29) is 0 Å².